The number of hydrogen-bond acceptors (Lipinski definition) is 5. The third-order valence-corrected chi connectivity index (χ3v) is 5.68. The number of hydrogen-bond donors (Lipinski definition) is 2. The summed E-state index contributed by atoms with van der Waals surface area (Å²) in [6.07, 6.45) is 4.59. The first-order valence-electron chi connectivity index (χ1n) is 8.25. The van der Waals surface area contributed by atoms with Crippen LogP contribution in [0.2, 0.25) is 0 Å². The molecule has 0 saturated carbocycles. The number of nitrogens with zero attached hydrogens (tertiary/aromatic N) is 2. The van der Waals surface area contributed by atoms with E-state index in [1.165, 1.54) is 11.3 Å². The van der Waals surface area contributed by atoms with Gasteiger partial charge >= 0.3 is 6.03 Å². The standard InChI is InChI=1S/C17H24N4O2S/c1-10-13(19-9-23-10)8-18-15(22)21-16-20-12-6-5-11(17(2,3)4)7-14(12)24-16/h9,11H,5-8H2,1-4H3,(H2,18,20,21,22). The van der Waals surface area contributed by atoms with Gasteiger partial charge in [-0.2, -0.15) is 0 Å². The van der Waals surface area contributed by atoms with Gasteiger partial charge in [-0.05, 0) is 37.5 Å². The average molecular weight is 348 g/mol. The van der Waals surface area contributed by atoms with E-state index in [4.69, 9.17) is 4.42 Å². The van der Waals surface area contributed by atoms with E-state index in [-0.39, 0.29) is 6.03 Å². The van der Waals surface area contributed by atoms with Crippen molar-refractivity contribution in [3.8, 4) is 0 Å². The lowest BCUT2D eigenvalue weighted by Gasteiger charge is -2.33. The number of aryl methyl sites for hydroxylation is 2. The number of rotatable bonds is 3. The van der Waals surface area contributed by atoms with Crippen LogP contribution in [0.5, 0.6) is 0 Å². The number of fused-ring (bicyclic) bond motifs is 1. The highest BCUT2D eigenvalue weighted by molar-refractivity contribution is 7.15. The van der Waals surface area contributed by atoms with Gasteiger partial charge in [0.2, 0.25) is 0 Å². The Labute approximate surface area is 146 Å². The van der Waals surface area contributed by atoms with Crippen molar-refractivity contribution >= 4 is 22.5 Å². The van der Waals surface area contributed by atoms with Crippen molar-refractivity contribution in [3.63, 3.8) is 0 Å². The summed E-state index contributed by atoms with van der Waals surface area (Å²) in [5, 5.41) is 6.29. The largest absolute Gasteiger partial charge is 0.448 e. The summed E-state index contributed by atoms with van der Waals surface area (Å²) in [5.41, 5.74) is 2.18. The molecule has 0 fully saturated rings. The van der Waals surface area contributed by atoms with E-state index in [0.717, 1.165) is 30.7 Å². The quantitative estimate of drug-likeness (QED) is 0.881. The van der Waals surface area contributed by atoms with E-state index in [0.29, 0.717) is 28.8 Å². The molecule has 0 radical (unpaired) electrons. The molecule has 1 atom stereocenters. The van der Waals surface area contributed by atoms with E-state index in [1.54, 1.807) is 11.3 Å². The van der Waals surface area contributed by atoms with Crippen molar-refractivity contribution in [2.45, 2.75) is 53.5 Å². The van der Waals surface area contributed by atoms with Gasteiger partial charge in [-0.3, -0.25) is 5.32 Å². The lowest BCUT2D eigenvalue weighted by atomic mass is 9.73. The number of carbonyl (C=O) groups excluding carboxylic acids is 1. The fourth-order valence-corrected chi connectivity index (χ4v) is 4.05. The second-order valence-electron chi connectivity index (χ2n) is 7.36. The molecule has 6 nitrogen and oxygen atoms in total. The Morgan fingerprint density at radius 3 is 2.92 bits per heavy atom. The number of aromatic nitrogens is 2. The number of oxazole rings is 1. The van der Waals surface area contributed by atoms with Gasteiger partial charge in [-0.1, -0.05) is 20.8 Å². The molecule has 130 valence electrons. The summed E-state index contributed by atoms with van der Waals surface area (Å²) in [5.74, 6) is 1.38. The second kappa shape index (κ2) is 6.55. The maximum atomic E-state index is 12.0. The molecule has 1 aliphatic rings. The second-order valence-corrected chi connectivity index (χ2v) is 8.44. The summed E-state index contributed by atoms with van der Waals surface area (Å²) in [6, 6.07) is -0.268. The van der Waals surface area contributed by atoms with Crippen LogP contribution in [0, 0.1) is 18.3 Å². The van der Waals surface area contributed by atoms with Crippen LogP contribution in [-0.2, 0) is 19.4 Å². The van der Waals surface area contributed by atoms with Gasteiger partial charge in [0.05, 0.1) is 12.2 Å². The summed E-state index contributed by atoms with van der Waals surface area (Å²) < 4.78 is 5.11. The summed E-state index contributed by atoms with van der Waals surface area (Å²) in [7, 11) is 0. The molecule has 0 spiro atoms. The Kier molecular flexibility index (Phi) is 4.62. The van der Waals surface area contributed by atoms with Crippen LogP contribution < -0.4 is 10.6 Å². The van der Waals surface area contributed by atoms with E-state index in [2.05, 4.69) is 41.4 Å². The zero-order valence-corrected chi connectivity index (χ0v) is 15.4. The molecule has 0 aliphatic heterocycles. The predicted molar refractivity (Wildman–Crippen MR) is 94.2 cm³/mol. The minimum absolute atomic E-state index is 0.268. The van der Waals surface area contributed by atoms with Crippen LogP contribution in [0.4, 0.5) is 9.93 Å². The van der Waals surface area contributed by atoms with Crippen molar-refractivity contribution in [2.24, 2.45) is 11.3 Å². The molecular weight excluding hydrogens is 324 g/mol. The Balaban J connectivity index is 1.58. The Morgan fingerprint density at radius 2 is 2.25 bits per heavy atom. The van der Waals surface area contributed by atoms with Crippen LogP contribution in [0.1, 0.15) is 49.2 Å². The molecule has 3 rings (SSSR count). The Hall–Kier alpha value is -1.89. The molecule has 24 heavy (non-hydrogen) atoms. The van der Waals surface area contributed by atoms with Crippen LogP contribution in [0.3, 0.4) is 0 Å². The third kappa shape index (κ3) is 3.77. The van der Waals surface area contributed by atoms with Crippen molar-refractivity contribution in [2.75, 3.05) is 5.32 Å². The molecule has 2 amide bonds. The summed E-state index contributed by atoms with van der Waals surface area (Å²) in [6.45, 7) is 9.04. The van der Waals surface area contributed by atoms with Gasteiger partial charge in [0.25, 0.3) is 0 Å². The smallest absolute Gasteiger partial charge is 0.321 e. The van der Waals surface area contributed by atoms with Gasteiger partial charge in [-0.25, -0.2) is 14.8 Å². The molecule has 0 saturated heterocycles. The minimum atomic E-state index is -0.268. The number of amides is 2. The first-order chi connectivity index (χ1) is 11.3. The molecule has 2 aromatic heterocycles. The van der Waals surface area contributed by atoms with Crippen LogP contribution in [0.25, 0.3) is 0 Å². The topological polar surface area (TPSA) is 80.0 Å². The van der Waals surface area contributed by atoms with Crippen molar-refractivity contribution in [1.82, 2.24) is 15.3 Å². The van der Waals surface area contributed by atoms with E-state index >= 15 is 0 Å². The Bertz CT molecular complexity index is 729. The SMILES string of the molecule is Cc1ocnc1CNC(=O)Nc1nc2c(s1)CC(C(C)(C)C)CC2. The van der Waals surface area contributed by atoms with E-state index < -0.39 is 0 Å². The van der Waals surface area contributed by atoms with Crippen molar-refractivity contribution < 1.29 is 9.21 Å². The molecule has 7 heteroatoms. The highest BCUT2D eigenvalue weighted by atomic mass is 32.1. The molecule has 2 aromatic rings. The first-order valence-corrected chi connectivity index (χ1v) is 9.07. The predicted octanol–water partition coefficient (Wildman–Crippen LogP) is 3.91. The van der Waals surface area contributed by atoms with E-state index in [9.17, 15) is 4.79 Å². The van der Waals surface area contributed by atoms with Gasteiger partial charge in [-0.15, -0.1) is 11.3 Å². The monoisotopic (exact) mass is 348 g/mol. The number of thiazole rings is 1. The van der Waals surface area contributed by atoms with Gasteiger partial charge < -0.3 is 9.73 Å². The van der Waals surface area contributed by atoms with Gasteiger partial charge in [0.1, 0.15) is 11.5 Å². The number of carbonyl (C=O) groups is 1. The average Bonchev–Trinajstić information content (AvgIpc) is 3.08. The zero-order valence-electron chi connectivity index (χ0n) is 14.6. The highest BCUT2D eigenvalue weighted by Gasteiger charge is 2.30. The lowest BCUT2D eigenvalue weighted by molar-refractivity contribution is 0.217. The summed E-state index contributed by atoms with van der Waals surface area (Å²) >= 11 is 1.59. The lowest BCUT2D eigenvalue weighted by Crippen LogP contribution is -2.28. The maximum absolute atomic E-state index is 12.0. The number of urea groups is 1. The van der Waals surface area contributed by atoms with Gasteiger partial charge in [0, 0.05) is 4.88 Å². The van der Waals surface area contributed by atoms with Crippen molar-refractivity contribution in [1.29, 1.82) is 0 Å². The van der Waals surface area contributed by atoms with Crippen LogP contribution in [0.15, 0.2) is 10.8 Å². The number of anilines is 1. The number of nitrogens with one attached hydrogen (secondary N) is 2. The van der Waals surface area contributed by atoms with Gasteiger partial charge in [0.15, 0.2) is 11.5 Å². The third-order valence-electron chi connectivity index (χ3n) is 4.65. The molecule has 0 bridgehead atoms. The molecule has 1 unspecified atom stereocenters. The minimum Gasteiger partial charge on any atom is -0.448 e. The van der Waals surface area contributed by atoms with E-state index in [1.807, 2.05) is 6.92 Å². The first kappa shape index (κ1) is 17.0. The molecular formula is C17H24N4O2S. The van der Waals surface area contributed by atoms with Crippen molar-refractivity contribution in [3.05, 3.63) is 28.4 Å². The fourth-order valence-electron chi connectivity index (χ4n) is 2.97. The molecule has 2 N–H and O–H groups in total. The molecule has 0 aromatic carbocycles. The fraction of sp³-hybridized carbons (Fsp3) is 0.588. The normalized spacial score (nSPS) is 17.4. The van der Waals surface area contributed by atoms with Crippen LogP contribution >= 0.6 is 11.3 Å². The highest BCUT2D eigenvalue weighted by Crippen LogP contribution is 2.40. The zero-order chi connectivity index (χ0) is 17.3. The maximum Gasteiger partial charge on any atom is 0.321 e. The summed E-state index contributed by atoms with van der Waals surface area (Å²) in [4.78, 5) is 22.0. The molecule has 1 aliphatic carbocycles. The Morgan fingerprint density at radius 1 is 1.46 bits per heavy atom. The van der Waals surface area contributed by atoms with Crippen LogP contribution in [-0.4, -0.2) is 16.0 Å². The molecule has 2 heterocycles.